The van der Waals surface area contributed by atoms with Crippen molar-refractivity contribution < 1.29 is 4.79 Å². The van der Waals surface area contributed by atoms with Crippen LogP contribution in [0.1, 0.15) is 37.0 Å². The van der Waals surface area contributed by atoms with Gasteiger partial charge in [-0.1, -0.05) is 18.3 Å². The molecule has 2 amide bonds. The van der Waals surface area contributed by atoms with E-state index in [2.05, 4.69) is 32.0 Å². The number of rotatable bonds is 5. The van der Waals surface area contributed by atoms with Gasteiger partial charge in [-0.05, 0) is 25.2 Å². The molecule has 1 atom stereocenters. The second-order valence-electron chi connectivity index (χ2n) is 6.29. The first kappa shape index (κ1) is 16.9. The van der Waals surface area contributed by atoms with Crippen LogP contribution in [0.2, 0.25) is 0 Å². The van der Waals surface area contributed by atoms with Crippen LogP contribution in [0.3, 0.4) is 0 Å². The van der Waals surface area contributed by atoms with Crippen molar-refractivity contribution in [2.75, 3.05) is 18.4 Å². The van der Waals surface area contributed by atoms with Gasteiger partial charge in [-0.25, -0.2) is 9.78 Å². The number of anilines is 1. The smallest absolute Gasteiger partial charge is 0.323 e. The van der Waals surface area contributed by atoms with Gasteiger partial charge >= 0.3 is 6.03 Å². The minimum atomic E-state index is -0.0706. The molecule has 8 heteroatoms. The van der Waals surface area contributed by atoms with E-state index in [1.54, 1.807) is 0 Å². The van der Waals surface area contributed by atoms with Crippen LogP contribution >= 0.6 is 11.3 Å². The highest BCUT2D eigenvalue weighted by Gasteiger charge is 2.25. The summed E-state index contributed by atoms with van der Waals surface area (Å²) in [6.45, 7) is 3.66. The zero-order valence-corrected chi connectivity index (χ0v) is 15.1. The summed E-state index contributed by atoms with van der Waals surface area (Å²) in [5.74, 6) is 1.53. The fourth-order valence-electron chi connectivity index (χ4n) is 3.06. The third-order valence-corrected chi connectivity index (χ3v) is 5.24. The summed E-state index contributed by atoms with van der Waals surface area (Å²) in [5.41, 5.74) is 0. The number of aryl methyl sites for hydroxylation is 2. The monoisotopic (exact) mass is 348 g/mol. The molecule has 1 N–H and O–H groups in total. The minimum absolute atomic E-state index is 0.0706. The van der Waals surface area contributed by atoms with Gasteiger partial charge in [0.25, 0.3) is 0 Å². The highest BCUT2D eigenvalue weighted by Crippen LogP contribution is 2.22. The maximum atomic E-state index is 12.5. The summed E-state index contributed by atoms with van der Waals surface area (Å²) in [5, 5.41) is 12.6. The highest BCUT2D eigenvalue weighted by atomic mass is 32.1. The lowest BCUT2D eigenvalue weighted by Crippen LogP contribution is -2.43. The lowest BCUT2D eigenvalue weighted by atomic mass is 9.94. The predicted octanol–water partition coefficient (Wildman–Crippen LogP) is 2.71. The van der Waals surface area contributed by atoms with Gasteiger partial charge in [0.15, 0.2) is 0 Å². The zero-order chi connectivity index (χ0) is 16.9. The lowest BCUT2D eigenvalue weighted by molar-refractivity contribution is 0.176. The van der Waals surface area contributed by atoms with Crippen LogP contribution in [0, 0.1) is 5.92 Å². The number of aromatic nitrogens is 4. The molecule has 0 spiro atoms. The third kappa shape index (κ3) is 4.11. The molecule has 1 fully saturated rings. The Bertz CT molecular complexity index is 682. The van der Waals surface area contributed by atoms with Gasteiger partial charge in [0.1, 0.15) is 10.8 Å². The fraction of sp³-hybridized carbons (Fsp3) is 0.625. The van der Waals surface area contributed by atoms with Crippen molar-refractivity contribution in [3.8, 4) is 0 Å². The largest absolute Gasteiger partial charge is 0.338 e. The van der Waals surface area contributed by atoms with E-state index in [0.29, 0.717) is 11.0 Å². The number of nitrogens with zero attached hydrogens (tertiary/aromatic N) is 5. The molecule has 3 rings (SSSR count). The summed E-state index contributed by atoms with van der Waals surface area (Å²) in [7, 11) is 2.01. The third-order valence-electron chi connectivity index (χ3n) is 4.34. The molecule has 1 unspecified atom stereocenters. The van der Waals surface area contributed by atoms with Gasteiger partial charge in [-0.3, -0.25) is 5.32 Å². The number of urea groups is 1. The van der Waals surface area contributed by atoms with E-state index in [1.807, 2.05) is 24.3 Å². The number of imidazole rings is 1. The molecule has 0 radical (unpaired) electrons. The number of hydrogen-bond donors (Lipinski definition) is 1. The normalized spacial score (nSPS) is 17.9. The first-order valence-corrected chi connectivity index (χ1v) is 9.32. The molecule has 1 saturated heterocycles. The maximum absolute atomic E-state index is 12.5. The van der Waals surface area contributed by atoms with Crippen LogP contribution in [0.25, 0.3) is 0 Å². The van der Waals surface area contributed by atoms with E-state index >= 15 is 0 Å². The first-order valence-electron chi connectivity index (χ1n) is 8.50. The number of amides is 2. The Labute approximate surface area is 146 Å². The van der Waals surface area contributed by atoms with Crippen LogP contribution in [0.4, 0.5) is 9.93 Å². The lowest BCUT2D eigenvalue weighted by Gasteiger charge is -2.32. The summed E-state index contributed by atoms with van der Waals surface area (Å²) in [4.78, 5) is 18.8. The molecule has 0 saturated carbocycles. The van der Waals surface area contributed by atoms with Gasteiger partial charge in [-0.15, -0.1) is 10.2 Å². The average Bonchev–Trinajstić information content (AvgIpc) is 3.18. The number of carbonyl (C=O) groups excluding carboxylic acids is 1. The van der Waals surface area contributed by atoms with Crippen LogP contribution < -0.4 is 5.32 Å². The fourth-order valence-corrected chi connectivity index (χ4v) is 3.89. The number of carbonyl (C=O) groups is 1. The highest BCUT2D eigenvalue weighted by molar-refractivity contribution is 7.15. The van der Waals surface area contributed by atoms with E-state index in [0.717, 1.165) is 56.0 Å². The Morgan fingerprint density at radius 3 is 3.08 bits per heavy atom. The molecule has 1 aliphatic rings. The topological polar surface area (TPSA) is 75.9 Å². The van der Waals surface area contributed by atoms with E-state index in [4.69, 9.17) is 0 Å². The molecule has 24 heavy (non-hydrogen) atoms. The Hall–Kier alpha value is -1.96. The summed E-state index contributed by atoms with van der Waals surface area (Å²) < 4.78 is 2.05. The molecule has 3 heterocycles. The van der Waals surface area contributed by atoms with Crippen molar-refractivity contribution in [2.45, 2.75) is 39.0 Å². The van der Waals surface area contributed by atoms with E-state index < -0.39 is 0 Å². The van der Waals surface area contributed by atoms with Crippen molar-refractivity contribution in [1.82, 2.24) is 24.6 Å². The SMILES string of the molecule is CCCc1nnc(NC(=O)N2CCCC(Cc3nccn3C)C2)s1. The zero-order valence-electron chi connectivity index (χ0n) is 14.2. The predicted molar refractivity (Wildman–Crippen MR) is 94.1 cm³/mol. The van der Waals surface area contributed by atoms with Gasteiger partial charge in [0.2, 0.25) is 5.13 Å². The summed E-state index contributed by atoms with van der Waals surface area (Å²) in [6, 6.07) is -0.0706. The molecule has 2 aromatic heterocycles. The number of piperidine rings is 1. The molecular weight excluding hydrogens is 324 g/mol. The number of nitrogens with one attached hydrogen (secondary N) is 1. The standard InChI is InChI=1S/C16H24N6OS/c1-3-5-14-19-20-15(24-14)18-16(23)22-8-4-6-12(11-22)10-13-17-7-9-21(13)2/h7,9,12H,3-6,8,10-11H2,1-2H3,(H,18,20,23). The molecule has 130 valence electrons. The number of hydrogen-bond acceptors (Lipinski definition) is 5. The van der Waals surface area contributed by atoms with Crippen LogP contribution in [-0.4, -0.2) is 43.8 Å². The van der Waals surface area contributed by atoms with Crippen LogP contribution in [0.15, 0.2) is 12.4 Å². The molecule has 2 aromatic rings. The molecule has 0 aliphatic carbocycles. The van der Waals surface area contributed by atoms with Crippen molar-refractivity contribution in [2.24, 2.45) is 13.0 Å². The Kier molecular flexibility index (Phi) is 5.44. The Morgan fingerprint density at radius 1 is 1.46 bits per heavy atom. The van der Waals surface area contributed by atoms with Crippen molar-refractivity contribution in [3.63, 3.8) is 0 Å². The Balaban J connectivity index is 1.55. The van der Waals surface area contributed by atoms with E-state index in [1.165, 1.54) is 11.3 Å². The first-order chi connectivity index (χ1) is 11.7. The van der Waals surface area contributed by atoms with Gasteiger partial charge in [-0.2, -0.15) is 0 Å². The van der Waals surface area contributed by atoms with Crippen LogP contribution in [-0.2, 0) is 19.9 Å². The van der Waals surface area contributed by atoms with E-state index in [9.17, 15) is 4.79 Å². The molecular formula is C16H24N6OS. The van der Waals surface area contributed by atoms with Crippen molar-refractivity contribution in [3.05, 3.63) is 23.2 Å². The second-order valence-corrected chi connectivity index (χ2v) is 7.36. The van der Waals surface area contributed by atoms with Gasteiger partial charge < -0.3 is 9.47 Å². The van der Waals surface area contributed by atoms with Crippen LogP contribution in [0.5, 0.6) is 0 Å². The van der Waals surface area contributed by atoms with E-state index in [-0.39, 0.29) is 6.03 Å². The molecule has 1 aliphatic heterocycles. The molecule has 0 aromatic carbocycles. The summed E-state index contributed by atoms with van der Waals surface area (Å²) in [6.07, 6.45) is 8.80. The van der Waals surface area contributed by atoms with Gasteiger partial charge in [0, 0.05) is 45.4 Å². The van der Waals surface area contributed by atoms with Crippen molar-refractivity contribution >= 4 is 22.5 Å². The Morgan fingerprint density at radius 2 is 2.33 bits per heavy atom. The molecule has 7 nitrogen and oxygen atoms in total. The quantitative estimate of drug-likeness (QED) is 0.901. The second kappa shape index (κ2) is 7.74. The van der Waals surface area contributed by atoms with Gasteiger partial charge in [0.05, 0.1) is 0 Å². The number of likely N-dealkylation sites (tertiary alicyclic amines) is 1. The maximum Gasteiger partial charge on any atom is 0.323 e. The average molecular weight is 348 g/mol. The summed E-state index contributed by atoms with van der Waals surface area (Å²) >= 11 is 1.46. The minimum Gasteiger partial charge on any atom is -0.338 e. The van der Waals surface area contributed by atoms with Crippen molar-refractivity contribution in [1.29, 1.82) is 0 Å². The molecule has 0 bridgehead atoms.